The van der Waals surface area contributed by atoms with E-state index in [1.807, 2.05) is 6.07 Å². The number of non-ortho nitro benzene ring substituents is 1. The van der Waals surface area contributed by atoms with Gasteiger partial charge < -0.3 is 14.4 Å². The zero-order valence-corrected chi connectivity index (χ0v) is 20.4. The van der Waals surface area contributed by atoms with Gasteiger partial charge >= 0.3 is 7.60 Å². The summed E-state index contributed by atoms with van der Waals surface area (Å²) in [7, 11) is -3.88. The number of fused-ring (bicyclic) bond motifs is 1. The molecule has 8 nitrogen and oxygen atoms in total. The van der Waals surface area contributed by atoms with Crippen LogP contribution in [0.25, 0.3) is 16.2 Å². The lowest BCUT2D eigenvalue weighted by Crippen LogP contribution is -2.26. The number of nitro groups is 1. The van der Waals surface area contributed by atoms with Crippen molar-refractivity contribution in [3.8, 4) is 0 Å². The summed E-state index contributed by atoms with van der Waals surface area (Å²) in [6, 6.07) is 11.1. The van der Waals surface area contributed by atoms with Crippen molar-refractivity contribution in [1.82, 2.24) is 5.32 Å². The number of carbonyl (C=O) groups is 1. The molecule has 0 bridgehead atoms. The van der Waals surface area contributed by atoms with Crippen LogP contribution >= 0.6 is 30.5 Å². The number of hydrogen-bond donors (Lipinski definition) is 1. The van der Waals surface area contributed by atoms with Gasteiger partial charge in [-0.2, -0.15) is 0 Å². The van der Waals surface area contributed by atoms with E-state index in [9.17, 15) is 19.5 Å². The van der Waals surface area contributed by atoms with Gasteiger partial charge in [0.25, 0.3) is 5.69 Å². The zero-order valence-electron chi connectivity index (χ0n) is 17.9. The van der Waals surface area contributed by atoms with E-state index in [2.05, 4.69) is 5.32 Å². The lowest BCUT2D eigenvalue weighted by molar-refractivity contribution is -0.384. The Morgan fingerprint density at radius 2 is 1.88 bits per heavy atom. The molecule has 1 unspecified atom stereocenters. The lowest BCUT2D eigenvalue weighted by Gasteiger charge is -2.25. The molecular weight excluding hydrogens is 487 g/mol. The molecule has 1 atom stereocenters. The largest absolute Gasteiger partial charge is 0.347 e. The number of thiophene rings is 1. The maximum absolute atomic E-state index is 13.7. The predicted molar refractivity (Wildman–Crippen MR) is 131 cm³/mol. The average Bonchev–Trinajstić information content (AvgIpc) is 3.17. The van der Waals surface area contributed by atoms with Crippen LogP contribution in [0.2, 0.25) is 5.02 Å². The van der Waals surface area contributed by atoms with Crippen LogP contribution in [0.1, 0.15) is 30.6 Å². The minimum absolute atomic E-state index is 0.0337. The summed E-state index contributed by atoms with van der Waals surface area (Å²) in [6.45, 7) is 3.56. The molecule has 3 aromatic rings. The average molecular weight is 509 g/mol. The van der Waals surface area contributed by atoms with Gasteiger partial charge in [0.2, 0.25) is 5.91 Å². The second kappa shape index (κ2) is 11.0. The molecule has 2 aromatic carbocycles. The molecule has 1 amide bonds. The van der Waals surface area contributed by atoms with Gasteiger partial charge in [-0.1, -0.05) is 11.6 Å². The molecule has 11 heteroatoms. The predicted octanol–water partition coefficient (Wildman–Crippen LogP) is 6.56. The first-order valence-electron chi connectivity index (χ1n) is 10.1. The molecule has 0 saturated heterocycles. The number of carbonyl (C=O) groups excluding carboxylic acids is 1. The van der Waals surface area contributed by atoms with Crippen molar-refractivity contribution >= 4 is 58.3 Å². The molecule has 3 rings (SSSR count). The first-order chi connectivity index (χ1) is 15.8. The molecule has 1 N–H and O–H groups in total. The Balaban J connectivity index is 1.94. The highest BCUT2D eigenvalue weighted by Gasteiger charge is 2.43. The van der Waals surface area contributed by atoms with Crippen LogP contribution < -0.4 is 5.32 Å². The van der Waals surface area contributed by atoms with E-state index >= 15 is 0 Å². The molecule has 0 spiro atoms. The molecule has 0 aliphatic heterocycles. The van der Waals surface area contributed by atoms with Crippen molar-refractivity contribution in [3.05, 3.63) is 80.3 Å². The second-order valence-corrected chi connectivity index (χ2v) is 10.3. The molecule has 0 saturated carbocycles. The number of nitro benzene ring substituents is 1. The van der Waals surface area contributed by atoms with Gasteiger partial charge in [-0.05, 0) is 72.1 Å². The Kier molecular flexibility index (Phi) is 8.40. The number of nitrogens with one attached hydrogen (secondary N) is 1. The number of halogens is 1. The van der Waals surface area contributed by atoms with Gasteiger partial charge in [0.15, 0.2) is 5.66 Å². The summed E-state index contributed by atoms with van der Waals surface area (Å²) in [5.41, 5.74) is -0.105. The zero-order chi connectivity index (χ0) is 24.0. The third-order valence-corrected chi connectivity index (χ3v) is 8.25. The normalized spacial score (nSPS) is 12.8. The Labute approximate surface area is 199 Å². The number of hydrogen-bond acceptors (Lipinski definition) is 7. The van der Waals surface area contributed by atoms with Crippen molar-refractivity contribution in [1.29, 1.82) is 0 Å². The van der Waals surface area contributed by atoms with Crippen LogP contribution in [0.15, 0.2) is 54.0 Å². The van der Waals surface area contributed by atoms with Crippen LogP contribution in [0.3, 0.4) is 0 Å². The fourth-order valence-electron chi connectivity index (χ4n) is 3.24. The van der Waals surface area contributed by atoms with Gasteiger partial charge in [-0.3, -0.25) is 19.5 Å². The Hall–Kier alpha value is -2.55. The number of amides is 1. The van der Waals surface area contributed by atoms with Crippen molar-refractivity contribution in [2.75, 3.05) is 13.2 Å². The van der Waals surface area contributed by atoms with E-state index < -0.39 is 24.1 Å². The molecule has 33 heavy (non-hydrogen) atoms. The summed E-state index contributed by atoms with van der Waals surface area (Å²) in [5.74, 6) is -0.571. The summed E-state index contributed by atoms with van der Waals surface area (Å²) >= 11 is 7.57. The maximum Gasteiger partial charge on any atom is 0.347 e. The van der Waals surface area contributed by atoms with Crippen molar-refractivity contribution < 1.29 is 23.3 Å². The van der Waals surface area contributed by atoms with E-state index in [1.165, 1.54) is 29.7 Å². The lowest BCUT2D eigenvalue weighted by atomic mass is 10.1. The first kappa shape index (κ1) is 25.1. The van der Waals surface area contributed by atoms with E-state index in [-0.39, 0.29) is 18.9 Å². The fourth-order valence-corrected chi connectivity index (χ4v) is 6.49. The molecule has 174 valence electrons. The van der Waals surface area contributed by atoms with E-state index in [4.69, 9.17) is 20.6 Å². The maximum atomic E-state index is 13.7. The first-order valence-corrected chi connectivity index (χ1v) is 12.9. The third kappa shape index (κ3) is 5.88. The number of rotatable bonds is 10. The molecule has 1 aromatic heterocycles. The fraction of sp³-hybridized carbons (Fsp3) is 0.227. The Morgan fingerprint density at radius 3 is 2.48 bits per heavy atom. The molecule has 1 heterocycles. The van der Waals surface area contributed by atoms with Crippen molar-refractivity contribution in [2.45, 2.75) is 19.5 Å². The van der Waals surface area contributed by atoms with Crippen molar-refractivity contribution in [3.63, 3.8) is 0 Å². The molecule has 0 radical (unpaired) electrons. The quantitative estimate of drug-likeness (QED) is 0.189. The van der Waals surface area contributed by atoms with Gasteiger partial charge in [0.1, 0.15) is 0 Å². The molecule has 0 aliphatic rings. The SMILES string of the molecule is CCOP(=O)(OCC)C(C(=O)NC=Cc1ccc([N+](=O)[O-])cc1)c1csc2ccc(Cl)cc12. The van der Waals surface area contributed by atoms with E-state index in [0.717, 1.165) is 4.70 Å². The van der Waals surface area contributed by atoms with Gasteiger partial charge in [0, 0.05) is 28.1 Å². The summed E-state index contributed by atoms with van der Waals surface area (Å²) < 4.78 is 25.6. The standard InChI is InChI=1S/C22H22ClN2O6PS/c1-3-30-32(29,31-4-2)21(19-14-33-20-10-7-16(23)13-18(19)20)22(26)24-12-11-15-5-8-17(9-6-15)25(27)28/h5-14,21H,3-4H2,1-2H3,(H,24,26). The van der Waals surface area contributed by atoms with Crippen LogP contribution in [0.5, 0.6) is 0 Å². The monoisotopic (exact) mass is 508 g/mol. The van der Waals surface area contributed by atoms with Gasteiger partial charge in [0.05, 0.1) is 18.1 Å². The van der Waals surface area contributed by atoms with Gasteiger partial charge in [-0.15, -0.1) is 11.3 Å². The van der Waals surface area contributed by atoms with Crippen LogP contribution in [-0.4, -0.2) is 24.0 Å². The van der Waals surface area contributed by atoms with E-state index in [0.29, 0.717) is 21.5 Å². The highest BCUT2D eigenvalue weighted by molar-refractivity contribution is 7.55. The summed E-state index contributed by atoms with van der Waals surface area (Å²) in [5, 5.41) is 16.4. The molecule has 0 fully saturated rings. The minimum atomic E-state index is -3.88. The third-order valence-electron chi connectivity index (χ3n) is 4.65. The topological polar surface area (TPSA) is 108 Å². The molecule has 0 aliphatic carbocycles. The van der Waals surface area contributed by atoms with Gasteiger partial charge in [-0.25, -0.2) is 0 Å². The highest BCUT2D eigenvalue weighted by Crippen LogP contribution is 2.62. The highest BCUT2D eigenvalue weighted by atomic mass is 35.5. The number of benzene rings is 2. The van der Waals surface area contributed by atoms with Crippen molar-refractivity contribution in [2.24, 2.45) is 0 Å². The van der Waals surface area contributed by atoms with Crippen LogP contribution in [0, 0.1) is 10.1 Å². The summed E-state index contributed by atoms with van der Waals surface area (Å²) in [6.07, 6.45) is 2.97. The molecular formula is C22H22ClN2O6PS. The Morgan fingerprint density at radius 1 is 1.21 bits per heavy atom. The Bertz CT molecular complexity index is 1220. The van der Waals surface area contributed by atoms with Crippen LogP contribution in [0.4, 0.5) is 5.69 Å². The second-order valence-electron chi connectivity index (χ2n) is 6.80. The minimum Gasteiger partial charge on any atom is -0.332 e. The number of nitrogens with zero attached hydrogens (tertiary/aromatic N) is 1. The smallest absolute Gasteiger partial charge is 0.332 e. The van der Waals surface area contributed by atoms with Crippen LogP contribution in [-0.2, 0) is 18.4 Å². The summed E-state index contributed by atoms with van der Waals surface area (Å²) in [4.78, 5) is 23.6. The van der Waals surface area contributed by atoms with E-state index in [1.54, 1.807) is 49.6 Å².